The van der Waals surface area contributed by atoms with Gasteiger partial charge in [0.25, 0.3) is 5.56 Å². The van der Waals surface area contributed by atoms with Gasteiger partial charge < -0.3 is 9.30 Å². The Hall–Kier alpha value is -1.49. The lowest BCUT2D eigenvalue weighted by molar-refractivity contribution is -0.00803. The zero-order valence-electron chi connectivity index (χ0n) is 14.4. The average molecular weight is 360 g/mol. The molecular formula is C14H24N4O5S. The fourth-order valence-electron chi connectivity index (χ4n) is 2.59. The average Bonchev–Trinajstić information content (AvgIpc) is 2.55. The third kappa shape index (κ3) is 3.77. The molecule has 1 aromatic rings. The highest BCUT2D eigenvalue weighted by Crippen LogP contribution is 2.16. The second kappa shape index (κ2) is 6.79. The number of rotatable bonds is 5. The summed E-state index contributed by atoms with van der Waals surface area (Å²) in [6.45, 7) is 6.66. The zero-order chi connectivity index (χ0) is 18.1. The molecule has 136 valence electrons. The van der Waals surface area contributed by atoms with Crippen LogP contribution < -0.4 is 16.0 Å². The van der Waals surface area contributed by atoms with E-state index < -0.39 is 31.7 Å². The van der Waals surface area contributed by atoms with Gasteiger partial charge in [-0.1, -0.05) is 0 Å². The number of aryl methyl sites for hydroxylation is 1. The van der Waals surface area contributed by atoms with Crippen LogP contribution in [-0.4, -0.2) is 60.8 Å². The van der Waals surface area contributed by atoms with Gasteiger partial charge in [0, 0.05) is 45.5 Å². The van der Waals surface area contributed by atoms with E-state index in [2.05, 4.69) is 9.62 Å². The minimum absolute atomic E-state index is 0.140. The summed E-state index contributed by atoms with van der Waals surface area (Å²) in [5.74, 6) is 0. The molecule has 1 fully saturated rings. The van der Waals surface area contributed by atoms with Crippen molar-refractivity contribution in [3.05, 3.63) is 27.0 Å². The highest BCUT2D eigenvalue weighted by molar-refractivity contribution is 7.89. The highest BCUT2D eigenvalue weighted by atomic mass is 32.2. The van der Waals surface area contributed by atoms with Gasteiger partial charge in [0.2, 0.25) is 10.0 Å². The third-order valence-electron chi connectivity index (χ3n) is 4.27. The van der Waals surface area contributed by atoms with Gasteiger partial charge in [-0.05, 0) is 13.8 Å². The molecular weight excluding hydrogens is 336 g/mol. The summed E-state index contributed by atoms with van der Waals surface area (Å²) in [6.07, 6.45) is 1.05. The Bertz CT molecular complexity index is 819. The van der Waals surface area contributed by atoms with Crippen molar-refractivity contribution in [2.24, 2.45) is 14.1 Å². The molecule has 1 N–H and O–H groups in total. The topological polar surface area (TPSA) is 103 Å². The standard InChI is InChI=1S/C14H24N4O5S/c1-14(2,18-5-7-23-8-6-18)10-15-24(21,22)11-9-16(3)13(20)17(4)12(11)19/h9,15H,5-8,10H2,1-4H3. The van der Waals surface area contributed by atoms with Gasteiger partial charge in [-0.25, -0.2) is 17.9 Å². The highest BCUT2D eigenvalue weighted by Gasteiger charge is 2.31. The Morgan fingerprint density at radius 2 is 1.79 bits per heavy atom. The van der Waals surface area contributed by atoms with E-state index in [-0.39, 0.29) is 6.54 Å². The van der Waals surface area contributed by atoms with Crippen LogP contribution in [0.25, 0.3) is 0 Å². The molecule has 0 bridgehead atoms. The summed E-state index contributed by atoms with van der Waals surface area (Å²) in [4.78, 5) is 25.5. The number of aromatic nitrogens is 2. The Morgan fingerprint density at radius 1 is 1.21 bits per heavy atom. The Kier molecular flexibility index (Phi) is 5.33. The fourth-order valence-corrected chi connectivity index (χ4v) is 3.95. The van der Waals surface area contributed by atoms with Crippen LogP contribution in [0.1, 0.15) is 13.8 Å². The van der Waals surface area contributed by atoms with E-state index in [4.69, 9.17) is 4.74 Å². The first-order chi connectivity index (χ1) is 11.1. The summed E-state index contributed by atoms with van der Waals surface area (Å²) in [6, 6.07) is 0. The maximum Gasteiger partial charge on any atom is 0.330 e. The molecule has 0 aliphatic carbocycles. The molecule has 2 rings (SSSR count). The predicted molar refractivity (Wildman–Crippen MR) is 88.6 cm³/mol. The van der Waals surface area contributed by atoms with Crippen LogP contribution in [0, 0.1) is 0 Å². The molecule has 1 saturated heterocycles. The number of morpholine rings is 1. The fraction of sp³-hybridized carbons (Fsp3) is 0.714. The molecule has 0 atom stereocenters. The van der Waals surface area contributed by atoms with Gasteiger partial charge in [0.1, 0.15) is 0 Å². The van der Waals surface area contributed by atoms with E-state index in [1.54, 1.807) is 0 Å². The van der Waals surface area contributed by atoms with Crippen molar-refractivity contribution in [2.75, 3.05) is 32.8 Å². The van der Waals surface area contributed by atoms with Crippen molar-refractivity contribution < 1.29 is 13.2 Å². The van der Waals surface area contributed by atoms with Crippen LogP contribution in [0.3, 0.4) is 0 Å². The normalized spacial score (nSPS) is 17.2. The first kappa shape index (κ1) is 18.8. The quantitative estimate of drug-likeness (QED) is 0.684. The molecule has 1 aliphatic rings. The summed E-state index contributed by atoms with van der Waals surface area (Å²) in [5, 5.41) is 0. The van der Waals surface area contributed by atoms with Crippen molar-refractivity contribution in [2.45, 2.75) is 24.3 Å². The van der Waals surface area contributed by atoms with Crippen molar-refractivity contribution in [3.8, 4) is 0 Å². The molecule has 1 aromatic heterocycles. The molecule has 9 nitrogen and oxygen atoms in total. The first-order valence-electron chi connectivity index (χ1n) is 7.65. The summed E-state index contributed by atoms with van der Waals surface area (Å²) in [5.41, 5.74) is -1.84. The molecule has 1 aliphatic heterocycles. The molecule has 2 heterocycles. The van der Waals surface area contributed by atoms with Crippen molar-refractivity contribution >= 4 is 10.0 Å². The number of hydrogen-bond donors (Lipinski definition) is 1. The molecule has 0 spiro atoms. The van der Waals surface area contributed by atoms with Gasteiger partial charge in [0.05, 0.1) is 13.2 Å². The lowest BCUT2D eigenvalue weighted by Gasteiger charge is -2.40. The SMILES string of the molecule is Cn1cc(S(=O)(=O)NCC(C)(C)N2CCOCC2)c(=O)n(C)c1=O. The Balaban J connectivity index is 2.23. The second-order valence-corrected chi connectivity index (χ2v) is 8.22. The number of ether oxygens (including phenoxy) is 1. The van der Waals surface area contributed by atoms with Crippen LogP contribution in [-0.2, 0) is 28.9 Å². The van der Waals surface area contributed by atoms with E-state index >= 15 is 0 Å². The molecule has 10 heteroatoms. The molecule has 0 amide bonds. The molecule has 0 radical (unpaired) electrons. The number of sulfonamides is 1. The van der Waals surface area contributed by atoms with Crippen molar-refractivity contribution in [3.63, 3.8) is 0 Å². The van der Waals surface area contributed by atoms with Gasteiger partial charge in [-0.2, -0.15) is 0 Å². The number of hydrogen-bond acceptors (Lipinski definition) is 6. The van der Waals surface area contributed by atoms with E-state index in [1.165, 1.54) is 14.1 Å². The molecule has 0 aromatic carbocycles. The van der Waals surface area contributed by atoms with Crippen LogP contribution in [0.4, 0.5) is 0 Å². The maximum absolute atomic E-state index is 12.5. The summed E-state index contributed by atoms with van der Waals surface area (Å²) < 4.78 is 34.7. The van der Waals surface area contributed by atoms with Crippen LogP contribution in [0.15, 0.2) is 20.7 Å². The van der Waals surface area contributed by atoms with Crippen molar-refractivity contribution in [1.29, 1.82) is 0 Å². The maximum atomic E-state index is 12.5. The van der Waals surface area contributed by atoms with Crippen LogP contribution in [0.5, 0.6) is 0 Å². The summed E-state index contributed by atoms with van der Waals surface area (Å²) in [7, 11) is -1.37. The summed E-state index contributed by atoms with van der Waals surface area (Å²) >= 11 is 0. The first-order valence-corrected chi connectivity index (χ1v) is 9.14. The Labute approximate surface area is 140 Å². The smallest absolute Gasteiger partial charge is 0.330 e. The van der Waals surface area contributed by atoms with E-state index in [0.717, 1.165) is 28.4 Å². The lowest BCUT2D eigenvalue weighted by atomic mass is 10.0. The zero-order valence-corrected chi connectivity index (χ0v) is 15.2. The minimum atomic E-state index is -4.03. The van der Waals surface area contributed by atoms with Crippen molar-refractivity contribution in [1.82, 2.24) is 18.8 Å². The second-order valence-electron chi connectivity index (χ2n) is 6.49. The predicted octanol–water partition coefficient (Wildman–Crippen LogP) is -1.53. The van der Waals surface area contributed by atoms with E-state index in [9.17, 15) is 18.0 Å². The van der Waals surface area contributed by atoms with Gasteiger partial charge >= 0.3 is 5.69 Å². The van der Waals surface area contributed by atoms with Crippen LogP contribution >= 0.6 is 0 Å². The monoisotopic (exact) mass is 360 g/mol. The van der Waals surface area contributed by atoms with E-state index in [0.29, 0.717) is 13.2 Å². The van der Waals surface area contributed by atoms with Gasteiger partial charge in [0.15, 0.2) is 4.90 Å². The Morgan fingerprint density at radius 3 is 2.38 bits per heavy atom. The molecule has 0 unspecified atom stereocenters. The van der Waals surface area contributed by atoms with Gasteiger partial charge in [-0.3, -0.25) is 14.3 Å². The third-order valence-corrected chi connectivity index (χ3v) is 5.65. The number of nitrogens with one attached hydrogen (secondary N) is 1. The number of nitrogens with zero attached hydrogens (tertiary/aromatic N) is 3. The van der Waals surface area contributed by atoms with E-state index in [1.807, 2.05) is 13.8 Å². The molecule has 24 heavy (non-hydrogen) atoms. The largest absolute Gasteiger partial charge is 0.379 e. The molecule has 0 saturated carbocycles. The minimum Gasteiger partial charge on any atom is -0.379 e. The van der Waals surface area contributed by atoms with Crippen LogP contribution in [0.2, 0.25) is 0 Å². The van der Waals surface area contributed by atoms with Gasteiger partial charge in [-0.15, -0.1) is 0 Å². The lowest BCUT2D eigenvalue weighted by Crippen LogP contribution is -2.55.